The van der Waals surface area contributed by atoms with Crippen molar-refractivity contribution in [3.63, 3.8) is 0 Å². The Hall–Kier alpha value is -3.03. The fraction of sp³-hybridized carbons (Fsp3) is 0.273. The Labute approximate surface area is 169 Å². The van der Waals surface area contributed by atoms with Gasteiger partial charge in [-0.15, -0.1) is 0 Å². The van der Waals surface area contributed by atoms with E-state index < -0.39 is 0 Å². The van der Waals surface area contributed by atoms with Crippen molar-refractivity contribution in [1.82, 2.24) is 14.8 Å². The van der Waals surface area contributed by atoms with Gasteiger partial charge in [-0.3, -0.25) is 14.6 Å². The fourth-order valence-electron chi connectivity index (χ4n) is 3.35. The lowest BCUT2D eigenvalue weighted by Crippen LogP contribution is -2.48. The lowest BCUT2D eigenvalue weighted by atomic mass is 10.2. The molecule has 1 amide bonds. The first-order valence-electron chi connectivity index (χ1n) is 9.66. The third-order valence-corrected chi connectivity index (χ3v) is 4.93. The zero-order chi connectivity index (χ0) is 20.1. The van der Waals surface area contributed by atoms with Gasteiger partial charge in [0.1, 0.15) is 5.82 Å². The maximum atomic E-state index is 12.9. The Morgan fingerprint density at radius 3 is 2.41 bits per heavy atom. The number of hydrogen-bond donors (Lipinski definition) is 1. The molecule has 0 saturated carbocycles. The van der Waals surface area contributed by atoms with Crippen LogP contribution in [0.25, 0.3) is 11.3 Å². The molecular weight excluding hydrogens is 371 g/mol. The summed E-state index contributed by atoms with van der Waals surface area (Å²) in [6.45, 7) is 4.25. The van der Waals surface area contributed by atoms with E-state index in [0.29, 0.717) is 24.7 Å². The van der Waals surface area contributed by atoms with Crippen molar-refractivity contribution in [3.05, 3.63) is 72.5 Å². The molecule has 1 aliphatic heterocycles. The normalized spacial score (nSPS) is 15.3. The van der Waals surface area contributed by atoms with Gasteiger partial charge in [0.25, 0.3) is 0 Å². The van der Waals surface area contributed by atoms with Crippen LogP contribution in [0, 0.1) is 5.82 Å². The first kappa shape index (κ1) is 19.3. The van der Waals surface area contributed by atoms with Crippen LogP contribution in [0.4, 0.5) is 10.1 Å². The molecule has 0 bridgehead atoms. The van der Waals surface area contributed by atoms with Crippen LogP contribution in [0.1, 0.15) is 5.89 Å². The van der Waals surface area contributed by atoms with E-state index in [1.54, 1.807) is 18.3 Å². The smallest absolute Gasteiger partial charge is 0.238 e. The lowest BCUT2D eigenvalue weighted by molar-refractivity contribution is -0.117. The summed E-state index contributed by atoms with van der Waals surface area (Å²) in [6.07, 6.45) is 1.76. The van der Waals surface area contributed by atoms with Gasteiger partial charge in [0.2, 0.25) is 11.8 Å². The Balaban J connectivity index is 1.23. The number of nitrogens with zero attached hydrogens (tertiary/aromatic N) is 3. The van der Waals surface area contributed by atoms with Crippen molar-refractivity contribution in [3.8, 4) is 11.3 Å². The molecule has 0 radical (unpaired) electrons. The van der Waals surface area contributed by atoms with Gasteiger partial charge in [-0.25, -0.2) is 9.37 Å². The third-order valence-electron chi connectivity index (χ3n) is 4.93. The van der Waals surface area contributed by atoms with E-state index in [0.717, 1.165) is 37.5 Å². The largest absolute Gasteiger partial charge is 0.439 e. The van der Waals surface area contributed by atoms with Gasteiger partial charge in [0, 0.05) is 37.4 Å². The van der Waals surface area contributed by atoms with Crippen LogP contribution in [0.3, 0.4) is 0 Å². The summed E-state index contributed by atoms with van der Waals surface area (Å²) in [5.74, 6) is 1.06. The molecule has 0 unspecified atom stereocenters. The average molecular weight is 394 g/mol. The Bertz CT molecular complexity index is 935. The van der Waals surface area contributed by atoms with Crippen LogP contribution in [-0.4, -0.2) is 53.4 Å². The minimum Gasteiger partial charge on any atom is -0.439 e. The zero-order valence-corrected chi connectivity index (χ0v) is 16.1. The highest BCUT2D eigenvalue weighted by atomic mass is 19.1. The summed E-state index contributed by atoms with van der Waals surface area (Å²) in [7, 11) is 0. The summed E-state index contributed by atoms with van der Waals surface area (Å²) >= 11 is 0. The molecule has 0 spiro atoms. The van der Waals surface area contributed by atoms with Gasteiger partial charge in [0.15, 0.2) is 5.76 Å². The highest BCUT2D eigenvalue weighted by Gasteiger charge is 2.20. The number of carbonyl (C=O) groups excluding carboxylic acids is 1. The number of hydrogen-bond acceptors (Lipinski definition) is 5. The monoisotopic (exact) mass is 394 g/mol. The van der Waals surface area contributed by atoms with Crippen LogP contribution in [0.2, 0.25) is 0 Å². The molecule has 7 heteroatoms. The number of nitrogens with one attached hydrogen (secondary N) is 1. The number of anilines is 1. The molecule has 1 aromatic heterocycles. The molecule has 0 atom stereocenters. The summed E-state index contributed by atoms with van der Waals surface area (Å²) in [5, 5.41) is 2.80. The van der Waals surface area contributed by atoms with Crippen molar-refractivity contribution >= 4 is 11.6 Å². The minimum absolute atomic E-state index is 0.0923. The fourth-order valence-corrected chi connectivity index (χ4v) is 3.35. The zero-order valence-electron chi connectivity index (χ0n) is 16.1. The molecule has 150 valence electrons. The number of rotatable bonds is 6. The molecule has 1 N–H and O–H groups in total. The lowest BCUT2D eigenvalue weighted by Gasteiger charge is -2.33. The van der Waals surface area contributed by atoms with Crippen molar-refractivity contribution in [2.45, 2.75) is 6.54 Å². The van der Waals surface area contributed by atoms with Crippen LogP contribution in [0.5, 0.6) is 0 Å². The molecule has 29 heavy (non-hydrogen) atoms. The van der Waals surface area contributed by atoms with Crippen molar-refractivity contribution < 1.29 is 13.6 Å². The second-order valence-electron chi connectivity index (χ2n) is 7.09. The summed E-state index contributed by atoms with van der Waals surface area (Å²) in [5.41, 5.74) is 1.62. The molecule has 1 fully saturated rings. The first-order chi connectivity index (χ1) is 14.2. The van der Waals surface area contributed by atoms with E-state index in [2.05, 4.69) is 20.1 Å². The van der Waals surface area contributed by atoms with Crippen LogP contribution >= 0.6 is 0 Å². The third kappa shape index (κ3) is 5.28. The number of aromatic nitrogens is 1. The van der Waals surface area contributed by atoms with E-state index in [1.165, 1.54) is 12.1 Å². The summed E-state index contributed by atoms with van der Waals surface area (Å²) in [6, 6.07) is 15.7. The van der Waals surface area contributed by atoms with Crippen LogP contribution in [0.15, 0.2) is 65.2 Å². The number of amides is 1. The van der Waals surface area contributed by atoms with Gasteiger partial charge in [-0.2, -0.15) is 0 Å². The van der Waals surface area contributed by atoms with Gasteiger partial charge < -0.3 is 9.73 Å². The van der Waals surface area contributed by atoms with E-state index in [4.69, 9.17) is 4.42 Å². The Kier molecular flexibility index (Phi) is 5.97. The highest BCUT2D eigenvalue weighted by Crippen LogP contribution is 2.20. The highest BCUT2D eigenvalue weighted by molar-refractivity contribution is 5.92. The molecule has 2 heterocycles. The quantitative estimate of drug-likeness (QED) is 0.696. The predicted molar refractivity (Wildman–Crippen MR) is 109 cm³/mol. The summed E-state index contributed by atoms with van der Waals surface area (Å²) < 4.78 is 18.8. The standard InChI is InChI=1S/C22H23FN4O2/c23-18-6-8-19(9-7-18)25-21(28)15-26-10-12-27(13-11-26)16-22-24-14-20(29-22)17-4-2-1-3-5-17/h1-9,14H,10-13,15-16H2,(H,25,28). The van der Waals surface area contributed by atoms with Gasteiger partial charge in [-0.05, 0) is 24.3 Å². The molecular formula is C22H23FN4O2. The molecule has 1 saturated heterocycles. The average Bonchev–Trinajstić information content (AvgIpc) is 3.20. The van der Waals surface area contributed by atoms with E-state index >= 15 is 0 Å². The number of piperazine rings is 1. The number of carbonyl (C=O) groups is 1. The van der Waals surface area contributed by atoms with Gasteiger partial charge >= 0.3 is 0 Å². The van der Waals surface area contributed by atoms with E-state index in [1.807, 2.05) is 30.3 Å². The van der Waals surface area contributed by atoms with E-state index in [-0.39, 0.29) is 11.7 Å². The molecule has 2 aromatic carbocycles. The Morgan fingerprint density at radius 2 is 1.69 bits per heavy atom. The molecule has 4 rings (SSSR count). The molecule has 3 aromatic rings. The Morgan fingerprint density at radius 1 is 1.00 bits per heavy atom. The van der Waals surface area contributed by atoms with Crippen LogP contribution in [-0.2, 0) is 11.3 Å². The van der Waals surface area contributed by atoms with E-state index in [9.17, 15) is 9.18 Å². The minimum atomic E-state index is -0.318. The maximum absolute atomic E-state index is 12.9. The van der Waals surface area contributed by atoms with Gasteiger partial charge in [0.05, 0.1) is 19.3 Å². The predicted octanol–water partition coefficient (Wildman–Crippen LogP) is 3.24. The first-order valence-corrected chi connectivity index (χ1v) is 9.66. The van der Waals surface area contributed by atoms with Gasteiger partial charge in [-0.1, -0.05) is 30.3 Å². The molecule has 1 aliphatic rings. The molecule has 0 aliphatic carbocycles. The second-order valence-corrected chi connectivity index (χ2v) is 7.09. The number of benzene rings is 2. The summed E-state index contributed by atoms with van der Waals surface area (Å²) in [4.78, 5) is 21.0. The second kappa shape index (κ2) is 8.98. The van der Waals surface area contributed by atoms with Crippen molar-refractivity contribution in [2.75, 3.05) is 38.0 Å². The molecule has 6 nitrogen and oxygen atoms in total. The van der Waals surface area contributed by atoms with Crippen molar-refractivity contribution in [1.29, 1.82) is 0 Å². The topological polar surface area (TPSA) is 61.6 Å². The van der Waals surface area contributed by atoms with Crippen molar-refractivity contribution in [2.24, 2.45) is 0 Å². The maximum Gasteiger partial charge on any atom is 0.238 e. The number of oxazole rings is 1. The van der Waals surface area contributed by atoms with Crippen LogP contribution < -0.4 is 5.32 Å². The SMILES string of the molecule is O=C(CN1CCN(Cc2ncc(-c3ccccc3)o2)CC1)Nc1ccc(F)cc1. The number of halogens is 1.